The summed E-state index contributed by atoms with van der Waals surface area (Å²) in [6.45, 7) is 13.8. The fourth-order valence-electron chi connectivity index (χ4n) is 2.78. The zero-order valence-electron chi connectivity index (χ0n) is 20.4. The summed E-state index contributed by atoms with van der Waals surface area (Å²) in [5.74, 6) is -0.293. The number of alkyl carbamates (subject to hydrolysis) is 1. The second kappa shape index (κ2) is 12.3. The van der Waals surface area contributed by atoms with Gasteiger partial charge in [0.05, 0.1) is 6.61 Å². The van der Waals surface area contributed by atoms with Crippen molar-refractivity contribution in [3.05, 3.63) is 35.4 Å². The maximum Gasteiger partial charge on any atom is 0.410 e. The van der Waals surface area contributed by atoms with Crippen molar-refractivity contribution in [3.63, 3.8) is 0 Å². The summed E-state index contributed by atoms with van der Waals surface area (Å²) in [7, 11) is 0. The molecule has 1 rings (SSSR count). The molecule has 0 saturated carbocycles. The highest BCUT2D eigenvalue weighted by Crippen LogP contribution is 2.17. The Morgan fingerprint density at radius 2 is 1.53 bits per heavy atom. The van der Waals surface area contributed by atoms with Crippen molar-refractivity contribution in [1.82, 2.24) is 10.2 Å². The molecule has 8 heteroatoms. The van der Waals surface area contributed by atoms with Gasteiger partial charge in [-0.05, 0) is 66.0 Å². The number of carbonyl (C=O) groups excluding carboxylic acids is 3. The number of hydrogen-bond donors (Lipinski definition) is 1. The van der Waals surface area contributed by atoms with Crippen molar-refractivity contribution in [1.29, 1.82) is 0 Å². The van der Waals surface area contributed by atoms with Crippen LogP contribution in [0.5, 0.6) is 0 Å². The molecule has 0 saturated heterocycles. The predicted molar refractivity (Wildman–Crippen MR) is 122 cm³/mol. The van der Waals surface area contributed by atoms with Gasteiger partial charge in [-0.3, -0.25) is 4.79 Å². The lowest BCUT2D eigenvalue weighted by Crippen LogP contribution is -2.37. The molecule has 0 aliphatic carbocycles. The fraction of sp³-hybridized carbons (Fsp3) is 0.625. The Kier molecular flexibility index (Phi) is 10.5. The van der Waals surface area contributed by atoms with Crippen LogP contribution in [-0.2, 0) is 32.1 Å². The Bertz CT molecular complexity index is 764. The van der Waals surface area contributed by atoms with Crippen molar-refractivity contribution in [2.75, 3.05) is 13.2 Å². The van der Waals surface area contributed by atoms with Gasteiger partial charge in [0.15, 0.2) is 0 Å². The summed E-state index contributed by atoms with van der Waals surface area (Å²) in [5, 5.41) is 2.75. The lowest BCUT2D eigenvalue weighted by atomic mass is 10.1. The highest BCUT2D eigenvalue weighted by Gasteiger charge is 2.23. The van der Waals surface area contributed by atoms with E-state index in [0.717, 1.165) is 11.1 Å². The Morgan fingerprint density at radius 3 is 2.09 bits per heavy atom. The van der Waals surface area contributed by atoms with E-state index in [-0.39, 0.29) is 25.5 Å². The molecule has 8 nitrogen and oxygen atoms in total. The van der Waals surface area contributed by atoms with Crippen LogP contribution in [0.2, 0.25) is 0 Å². The molecule has 0 heterocycles. The van der Waals surface area contributed by atoms with Gasteiger partial charge in [-0.25, -0.2) is 9.59 Å². The summed E-state index contributed by atoms with van der Waals surface area (Å²) in [4.78, 5) is 38.1. The first-order valence-electron chi connectivity index (χ1n) is 11.0. The van der Waals surface area contributed by atoms with Gasteiger partial charge in [-0.15, -0.1) is 0 Å². The van der Waals surface area contributed by atoms with Crippen LogP contribution in [0, 0.1) is 0 Å². The van der Waals surface area contributed by atoms with Crippen LogP contribution in [0.1, 0.15) is 72.4 Å². The molecule has 0 bridgehead atoms. The first kappa shape index (κ1) is 27.3. The molecule has 0 unspecified atom stereocenters. The van der Waals surface area contributed by atoms with E-state index in [1.54, 1.807) is 53.4 Å². The fourth-order valence-corrected chi connectivity index (χ4v) is 2.78. The van der Waals surface area contributed by atoms with Crippen LogP contribution >= 0.6 is 0 Å². The molecule has 0 spiro atoms. The van der Waals surface area contributed by atoms with Crippen LogP contribution in [0.15, 0.2) is 24.3 Å². The quantitative estimate of drug-likeness (QED) is 0.429. The number of hydrogen-bond acceptors (Lipinski definition) is 6. The number of nitrogens with one attached hydrogen (secondary N) is 1. The summed E-state index contributed by atoms with van der Waals surface area (Å²) in [6.07, 6.45) is -0.298. The van der Waals surface area contributed by atoms with Gasteiger partial charge < -0.3 is 24.4 Å². The van der Waals surface area contributed by atoms with E-state index in [1.807, 2.05) is 24.3 Å². The SMILES string of the molecule is CCOC(=O)CCCN(Cc1ccccc1CNC(=O)OC(C)(C)C)C(=O)OC(C)(C)C. The number of rotatable bonds is 9. The van der Waals surface area contributed by atoms with E-state index >= 15 is 0 Å². The van der Waals surface area contributed by atoms with Crippen molar-refractivity contribution in [2.24, 2.45) is 0 Å². The molecule has 2 amide bonds. The molecule has 180 valence electrons. The number of carbonyl (C=O) groups is 3. The maximum atomic E-state index is 12.8. The highest BCUT2D eigenvalue weighted by atomic mass is 16.6. The van der Waals surface area contributed by atoms with Gasteiger partial charge >= 0.3 is 18.2 Å². The number of nitrogens with zero attached hydrogens (tertiary/aromatic N) is 1. The smallest absolute Gasteiger partial charge is 0.410 e. The van der Waals surface area contributed by atoms with Crippen LogP contribution in [-0.4, -0.2) is 47.4 Å². The van der Waals surface area contributed by atoms with Crippen LogP contribution in [0.25, 0.3) is 0 Å². The second-order valence-corrected chi connectivity index (χ2v) is 9.43. The van der Waals surface area contributed by atoms with Crippen molar-refractivity contribution in [2.45, 2.75) is 85.6 Å². The molecule has 0 fully saturated rings. The number of benzene rings is 1. The van der Waals surface area contributed by atoms with Crippen LogP contribution in [0.3, 0.4) is 0 Å². The molecule has 0 aromatic heterocycles. The molecule has 0 aliphatic rings. The van der Waals surface area contributed by atoms with Gasteiger partial charge in [-0.2, -0.15) is 0 Å². The second-order valence-electron chi connectivity index (χ2n) is 9.43. The van der Waals surface area contributed by atoms with E-state index in [9.17, 15) is 14.4 Å². The Morgan fingerprint density at radius 1 is 0.938 bits per heavy atom. The summed E-state index contributed by atoms with van der Waals surface area (Å²) < 4.78 is 15.8. The van der Waals surface area contributed by atoms with Gasteiger partial charge in [0, 0.05) is 26.1 Å². The number of ether oxygens (including phenoxy) is 3. The van der Waals surface area contributed by atoms with E-state index in [2.05, 4.69) is 5.32 Å². The lowest BCUT2D eigenvalue weighted by molar-refractivity contribution is -0.143. The van der Waals surface area contributed by atoms with E-state index in [0.29, 0.717) is 19.6 Å². The predicted octanol–water partition coefficient (Wildman–Crippen LogP) is 4.79. The van der Waals surface area contributed by atoms with Crippen molar-refractivity contribution < 1.29 is 28.6 Å². The van der Waals surface area contributed by atoms with Gasteiger partial charge in [0.2, 0.25) is 0 Å². The zero-order valence-corrected chi connectivity index (χ0v) is 20.4. The van der Waals surface area contributed by atoms with Gasteiger partial charge in [0.25, 0.3) is 0 Å². The molecular formula is C24H38N2O6. The minimum Gasteiger partial charge on any atom is -0.466 e. The van der Waals surface area contributed by atoms with Gasteiger partial charge in [0.1, 0.15) is 11.2 Å². The van der Waals surface area contributed by atoms with Crippen molar-refractivity contribution in [3.8, 4) is 0 Å². The molecule has 1 N–H and O–H groups in total. The largest absolute Gasteiger partial charge is 0.466 e. The number of amides is 2. The molecular weight excluding hydrogens is 412 g/mol. The standard InChI is InChI=1S/C24H38N2O6/c1-8-30-20(27)14-11-15-26(22(29)32-24(5,6)7)17-19-13-10-9-12-18(19)16-25-21(28)31-23(2,3)4/h9-10,12-13H,8,11,14-17H2,1-7H3,(H,25,28). The first-order chi connectivity index (χ1) is 14.8. The van der Waals surface area contributed by atoms with E-state index < -0.39 is 23.4 Å². The average Bonchev–Trinajstić information content (AvgIpc) is 2.64. The first-order valence-corrected chi connectivity index (χ1v) is 11.0. The average molecular weight is 451 g/mol. The molecule has 0 radical (unpaired) electrons. The number of esters is 1. The highest BCUT2D eigenvalue weighted by molar-refractivity contribution is 5.70. The summed E-state index contributed by atoms with van der Waals surface area (Å²) in [5.41, 5.74) is 0.493. The van der Waals surface area contributed by atoms with Crippen molar-refractivity contribution >= 4 is 18.2 Å². The van der Waals surface area contributed by atoms with E-state index in [4.69, 9.17) is 14.2 Å². The third-order valence-corrected chi connectivity index (χ3v) is 4.07. The Labute approximate surface area is 191 Å². The van der Waals surface area contributed by atoms with E-state index in [1.165, 1.54) is 0 Å². The Hall–Kier alpha value is -2.77. The van der Waals surface area contributed by atoms with Crippen LogP contribution < -0.4 is 5.32 Å². The molecule has 0 aliphatic heterocycles. The third kappa shape index (κ3) is 11.6. The third-order valence-electron chi connectivity index (χ3n) is 4.07. The van der Waals surface area contributed by atoms with Crippen LogP contribution in [0.4, 0.5) is 9.59 Å². The molecule has 1 aromatic rings. The molecule has 1 aromatic carbocycles. The molecule has 0 atom stereocenters. The maximum absolute atomic E-state index is 12.8. The summed E-state index contributed by atoms with van der Waals surface area (Å²) >= 11 is 0. The van der Waals surface area contributed by atoms with Gasteiger partial charge in [-0.1, -0.05) is 24.3 Å². The minimum atomic E-state index is -0.645. The normalized spacial score (nSPS) is 11.5. The topological polar surface area (TPSA) is 94.2 Å². The monoisotopic (exact) mass is 450 g/mol. The summed E-state index contributed by atoms with van der Waals surface area (Å²) in [6, 6.07) is 7.53. The minimum absolute atomic E-state index is 0.217. The zero-order chi connectivity index (χ0) is 24.4. The Balaban J connectivity index is 2.89. The lowest BCUT2D eigenvalue weighted by Gasteiger charge is -2.28. The molecule has 32 heavy (non-hydrogen) atoms.